The second-order valence-corrected chi connectivity index (χ2v) is 8.27. The van der Waals surface area contributed by atoms with Crippen molar-refractivity contribution in [3.05, 3.63) is 95.1 Å². The average Bonchev–Trinajstić information content (AvgIpc) is 2.89. The normalized spacial score (nSPS) is 11.3. The fourth-order valence-corrected chi connectivity index (χ4v) is 3.24. The predicted molar refractivity (Wildman–Crippen MR) is 138 cm³/mol. The number of halogens is 3. The van der Waals surface area contributed by atoms with Gasteiger partial charge in [-0.15, -0.1) is 0 Å². The molecule has 3 aromatic carbocycles. The van der Waals surface area contributed by atoms with Crippen LogP contribution < -0.4 is 16.2 Å². The molecule has 0 aromatic heterocycles. The number of ether oxygens (including phenoxy) is 3. The van der Waals surface area contributed by atoms with Crippen molar-refractivity contribution in [1.82, 2.24) is 0 Å². The van der Waals surface area contributed by atoms with E-state index in [-0.39, 0.29) is 30.1 Å². The lowest BCUT2D eigenvalue weighted by Crippen LogP contribution is -2.10. The largest absolute Gasteiger partial charge is 0.463 e. The second kappa shape index (κ2) is 13.1. The van der Waals surface area contributed by atoms with Crippen molar-refractivity contribution in [1.29, 1.82) is 0 Å². The first-order valence-corrected chi connectivity index (χ1v) is 11.7. The second-order valence-electron chi connectivity index (χ2n) is 8.27. The molecule has 0 fully saturated rings. The Labute approximate surface area is 222 Å². The zero-order chi connectivity index (χ0) is 28.4. The summed E-state index contributed by atoms with van der Waals surface area (Å²) in [5.74, 6) is -1.74. The van der Waals surface area contributed by atoms with Crippen molar-refractivity contribution in [2.45, 2.75) is 19.0 Å². The lowest BCUT2D eigenvalue weighted by molar-refractivity contribution is -0.138. The topological polar surface area (TPSA) is 131 Å². The number of esters is 3. The summed E-state index contributed by atoms with van der Waals surface area (Å²) < 4.78 is 53.4. The number of rotatable bonds is 10. The molecular formula is C28H25F3N2O6. The van der Waals surface area contributed by atoms with Crippen molar-refractivity contribution >= 4 is 35.4 Å². The summed E-state index contributed by atoms with van der Waals surface area (Å²) in [6.07, 6.45) is -0.807. The van der Waals surface area contributed by atoms with Gasteiger partial charge in [-0.3, -0.25) is 0 Å². The van der Waals surface area contributed by atoms with Crippen molar-refractivity contribution in [3.8, 4) is 5.75 Å². The van der Waals surface area contributed by atoms with Gasteiger partial charge in [0.1, 0.15) is 5.75 Å². The highest BCUT2D eigenvalue weighted by molar-refractivity contribution is 5.92. The molecule has 0 aliphatic rings. The molecule has 0 aliphatic carbocycles. The molecule has 3 rings (SSSR count). The molecule has 0 saturated carbocycles. The Bertz CT molecular complexity index is 1320. The monoisotopic (exact) mass is 542 g/mol. The van der Waals surface area contributed by atoms with Gasteiger partial charge in [-0.1, -0.05) is 12.1 Å². The van der Waals surface area contributed by atoms with Crippen LogP contribution >= 0.6 is 0 Å². The maximum Gasteiger partial charge on any atom is 0.416 e. The molecule has 204 valence electrons. The van der Waals surface area contributed by atoms with E-state index in [0.29, 0.717) is 29.8 Å². The molecule has 11 heteroatoms. The lowest BCUT2D eigenvalue weighted by atomic mass is 10.1. The van der Waals surface area contributed by atoms with Gasteiger partial charge in [0.15, 0.2) is 0 Å². The van der Waals surface area contributed by atoms with Gasteiger partial charge in [0.25, 0.3) is 0 Å². The molecule has 0 atom stereocenters. The Hall–Kier alpha value is -4.80. The SMILES string of the molecule is Nc1cc(N)cc(C(=O)OCCCCOC(=O)C=Cc2ccc(OC(=O)c3ccc(C(F)(F)F)cc3)cc2)c1. The Morgan fingerprint density at radius 3 is 1.92 bits per heavy atom. The molecule has 0 saturated heterocycles. The van der Waals surface area contributed by atoms with E-state index in [0.717, 1.165) is 24.3 Å². The van der Waals surface area contributed by atoms with Crippen molar-refractivity contribution < 1.29 is 41.8 Å². The predicted octanol–water partition coefficient (Wildman–Crippen LogP) is 5.28. The van der Waals surface area contributed by atoms with Gasteiger partial charge >= 0.3 is 24.1 Å². The van der Waals surface area contributed by atoms with E-state index < -0.39 is 29.6 Å². The molecule has 0 radical (unpaired) electrons. The van der Waals surface area contributed by atoms with Crippen LogP contribution in [0.5, 0.6) is 5.75 Å². The van der Waals surface area contributed by atoms with Crippen LogP contribution in [-0.4, -0.2) is 31.1 Å². The van der Waals surface area contributed by atoms with E-state index in [4.69, 9.17) is 25.7 Å². The van der Waals surface area contributed by atoms with Crippen LogP contribution in [0.1, 0.15) is 44.7 Å². The minimum absolute atomic E-state index is 0.0283. The van der Waals surface area contributed by atoms with Crippen LogP contribution in [0.3, 0.4) is 0 Å². The van der Waals surface area contributed by atoms with Gasteiger partial charge in [0, 0.05) is 17.5 Å². The highest BCUT2D eigenvalue weighted by Crippen LogP contribution is 2.29. The fourth-order valence-electron chi connectivity index (χ4n) is 3.24. The minimum Gasteiger partial charge on any atom is -0.463 e. The van der Waals surface area contributed by atoms with Gasteiger partial charge in [-0.25, -0.2) is 14.4 Å². The lowest BCUT2D eigenvalue weighted by Gasteiger charge is -2.08. The molecule has 0 bridgehead atoms. The van der Waals surface area contributed by atoms with Crippen LogP contribution in [0.25, 0.3) is 6.08 Å². The van der Waals surface area contributed by atoms with Crippen LogP contribution in [-0.2, 0) is 20.4 Å². The highest BCUT2D eigenvalue weighted by Gasteiger charge is 2.30. The number of benzene rings is 3. The molecule has 0 aliphatic heterocycles. The Morgan fingerprint density at radius 1 is 0.744 bits per heavy atom. The van der Waals surface area contributed by atoms with Crippen molar-refractivity contribution in [2.75, 3.05) is 24.7 Å². The van der Waals surface area contributed by atoms with E-state index in [2.05, 4.69) is 0 Å². The van der Waals surface area contributed by atoms with E-state index in [1.165, 1.54) is 42.5 Å². The van der Waals surface area contributed by atoms with Crippen LogP contribution in [0.4, 0.5) is 24.5 Å². The number of anilines is 2. The molecule has 0 spiro atoms. The maximum atomic E-state index is 12.6. The molecule has 3 aromatic rings. The molecule has 4 N–H and O–H groups in total. The average molecular weight is 543 g/mol. The van der Waals surface area contributed by atoms with E-state index in [1.807, 2.05) is 0 Å². The standard InChI is InChI=1S/C28H25F3N2O6/c29-28(30,31)21-8-6-19(7-9-21)27(36)39-24-10-3-18(4-11-24)5-12-25(34)37-13-1-2-14-38-26(35)20-15-22(32)17-23(33)16-20/h3-12,15-17H,1-2,13-14,32-33H2. The molecule has 39 heavy (non-hydrogen) atoms. The summed E-state index contributed by atoms with van der Waals surface area (Å²) in [5.41, 5.74) is 12.0. The molecule has 0 heterocycles. The Balaban J connectivity index is 1.36. The highest BCUT2D eigenvalue weighted by atomic mass is 19.4. The Morgan fingerprint density at radius 2 is 1.33 bits per heavy atom. The fraction of sp³-hybridized carbons (Fsp3) is 0.179. The van der Waals surface area contributed by atoms with Crippen molar-refractivity contribution in [3.63, 3.8) is 0 Å². The number of carbonyl (C=O) groups is 3. The van der Waals surface area contributed by atoms with Gasteiger partial charge in [-0.2, -0.15) is 13.2 Å². The van der Waals surface area contributed by atoms with Crippen LogP contribution in [0.2, 0.25) is 0 Å². The maximum absolute atomic E-state index is 12.6. The van der Waals surface area contributed by atoms with Crippen LogP contribution in [0, 0.1) is 0 Å². The summed E-state index contributed by atoms with van der Waals surface area (Å²) in [6, 6.07) is 14.3. The van der Waals surface area contributed by atoms with Crippen molar-refractivity contribution in [2.24, 2.45) is 0 Å². The van der Waals surface area contributed by atoms with Gasteiger partial charge in [0.05, 0.1) is 29.9 Å². The third-order valence-corrected chi connectivity index (χ3v) is 5.18. The molecule has 0 unspecified atom stereocenters. The number of nitrogen functional groups attached to an aromatic ring is 2. The van der Waals surface area contributed by atoms with Gasteiger partial charge < -0.3 is 25.7 Å². The van der Waals surface area contributed by atoms with E-state index in [1.54, 1.807) is 12.1 Å². The molecule has 0 amide bonds. The third kappa shape index (κ3) is 9.22. The quantitative estimate of drug-likeness (QED) is 0.116. The Kier molecular flexibility index (Phi) is 9.69. The smallest absolute Gasteiger partial charge is 0.416 e. The van der Waals surface area contributed by atoms with E-state index in [9.17, 15) is 27.6 Å². The van der Waals surface area contributed by atoms with Gasteiger partial charge in [-0.05, 0) is 79.1 Å². The summed E-state index contributed by atoms with van der Waals surface area (Å²) >= 11 is 0. The van der Waals surface area contributed by atoms with E-state index >= 15 is 0 Å². The first kappa shape index (κ1) is 28.8. The summed E-state index contributed by atoms with van der Waals surface area (Å²) in [6.45, 7) is 0.265. The zero-order valence-corrected chi connectivity index (χ0v) is 20.6. The third-order valence-electron chi connectivity index (χ3n) is 5.18. The first-order chi connectivity index (χ1) is 18.5. The summed E-state index contributed by atoms with van der Waals surface area (Å²) in [7, 11) is 0. The summed E-state index contributed by atoms with van der Waals surface area (Å²) in [5, 5.41) is 0. The number of unbranched alkanes of at least 4 members (excludes halogenated alkanes) is 1. The number of nitrogens with two attached hydrogens (primary N) is 2. The van der Waals surface area contributed by atoms with Gasteiger partial charge in [0.2, 0.25) is 0 Å². The zero-order valence-electron chi connectivity index (χ0n) is 20.6. The molecular weight excluding hydrogens is 517 g/mol. The number of carbonyl (C=O) groups excluding carboxylic acids is 3. The summed E-state index contributed by atoms with van der Waals surface area (Å²) in [4.78, 5) is 36.1. The molecule has 8 nitrogen and oxygen atoms in total. The van der Waals surface area contributed by atoms with Crippen LogP contribution in [0.15, 0.2) is 72.8 Å². The minimum atomic E-state index is -4.50. The number of hydrogen-bond acceptors (Lipinski definition) is 8. The number of hydrogen-bond donors (Lipinski definition) is 2. The number of alkyl halides is 3. The first-order valence-electron chi connectivity index (χ1n) is 11.7.